The molecule has 0 saturated carbocycles. The average molecular weight is 291 g/mol. The van der Waals surface area contributed by atoms with Crippen molar-refractivity contribution < 1.29 is 4.79 Å². The Labute approximate surface area is 121 Å². The predicted molar refractivity (Wildman–Crippen MR) is 76.7 cm³/mol. The van der Waals surface area contributed by atoms with Crippen molar-refractivity contribution in [3.05, 3.63) is 18.7 Å². The number of imidazole rings is 1. The Kier molecular flexibility index (Phi) is 4.61. The number of aromatic nitrogens is 5. The van der Waals surface area contributed by atoms with Crippen LogP contribution in [0, 0.1) is 0 Å². The number of anilines is 2. The molecular formula is C11H17N9O. The van der Waals surface area contributed by atoms with Gasteiger partial charge < -0.3 is 10.2 Å². The van der Waals surface area contributed by atoms with Crippen LogP contribution in [0.25, 0.3) is 5.95 Å². The van der Waals surface area contributed by atoms with Crippen molar-refractivity contribution in [2.75, 3.05) is 30.5 Å². The summed E-state index contributed by atoms with van der Waals surface area (Å²) in [6.07, 6.45) is 4.88. The number of nitrogen functional groups attached to an aromatic ring is 1. The van der Waals surface area contributed by atoms with Gasteiger partial charge in [0.2, 0.25) is 23.8 Å². The van der Waals surface area contributed by atoms with Crippen LogP contribution in [0.1, 0.15) is 6.92 Å². The molecule has 10 nitrogen and oxygen atoms in total. The van der Waals surface area contributed by atoms with E-state index in [0.717, 1.165) is 0 Å². The van der Waals surface area contributed by atoms with Crippen molar-refractivity contribution in [1.29, 1.82) is 0 Å². The lowest BCUT2D eigenvalue weighted by molar-refractivity contribution is -0.119. The first kappa shape index (κ1) is 14.7. The molecule has 0 atom stereocenters. The number of carbonyl (C=O) groups excluding carboxylic acids is 1. The highest BCUT2D eigenvalue weighted by Crippen LogP contribution is 2.12. The topological polar surface area (TPSA) is 127 Å². The second-order valence-corrected chi connectivity index (χ2v) is 4.06. The number of nitrogens with zero attached hydrogens (tertiary/aromatic N) is 6. The Hall–Kier alpha value is -2.75. The molecule has 0 fully saturated rings. The summed E-state index contributed by atoms with van der Waals surface area (Å²) in [5.41, 5.74) is 2.39. The van der Waals surface area contributed by atoms with Gasteiger partial charge in [0, 0.05) is 26.0 Å². The van der Waals surface area contributed by atoms with Gasteiger partial charge in [-0.2, -0.15) is 15.0 Å². The quantitative estimate of drug-likeness (QED) is 0.453. The van der Waals surface area contributed by atoms with E-state index >= 15 is 0 Å². The molecule has 0 radical (unpaired) electrons. The largest absolute Gasteiger partial charge is 0.358 e. The fourth-order valence-electron chi connectivity index (χ4n) is 1.63. The van der Waals surface area contributed by atoms with E-state index in [1.165, 1.54) is 0 Å². The lowest BCUT2D eigenvalue weighted by atomic mass is 10.5. The summed E-state index contributed by atoms with van der Waals surface area (Å²) in [5.74, 6) is 6.17. The third-order valence-electron chi connectivity index (χ3n) is 2.75. The van der Waals surface area contributed by atoms with Gasteiger partial charge >= 0.3 is 0 Å². The fraction of sp³-hybridized carbons (Fsp3) is 0.364. The van der Waals surface area contributed by atoms with Gasteiger partial charge in [0.1, 0.15) is 6.33 Å². The second kappa shape index (κ2) is 6.61. The van der Waals surface area contributed by atoms with Gasteiger partial charge in [-0.15, -0.1) is 0 Å². The van der Waals surface area contributed by atoms with E-state index in [4.69, 9.17) is 5.84 Å². The third-order valence-corrected chi connectivity index (χ3v) is 2.75. The first-order valence-corrected chi connectivity index (χ1v) is 6.34. The predicted octanol–water partition coefficient (Wildman–Crippen LogP) is -1.08. The van der Waals surface area contributed by atoms with Gasteiger partial charge in [0.15, 0.2) is 0 Å². The first-order valence-electron chi connectivity index (χ1n) is 6.34. The molecule has 2 heterocycles. The molecule has 0 saturated heterocycles. The number of amides is 1. The standard InChI is InChI=1S/C11H17N9O/c1-3-19(6-8(21)13-2)10-15-9(18-12)16-11(17-10)20-5-4-14-7-20/h4-5,7H,3,6,12H2,1-2H3,(H,13,21)(H,15,16,17,18). The van der Waals surface area contributed by atoms with E-state index in [9.17, 15) is 4.79 Å². The van der Waals surface area contributed by atoms with Crippen LogP contribution in [-0.4, -0.2) is 50.5 Å². The van der Waals surface area contributed by atoms with Crippen LogP contribution in [0.5, 0.6) is 0 Å². The highest BCUT2D eigenvalue weighted by Gasteiger charge is 2.15. The van der Waals surface area contributed by atoms with Crippen LogP contribution in [0.4, 0.5) is 11.9 Å². The Morgan fingerprint density at radius 3 is 2.81 bits per heavy atom. The number of hydrogen-bond donors (Lipinski definition) is 3. The maximum absolute atomic E-state index is 11.5. The maximum atomic E-state index is 11.5. The molecule has 0 spiro atoms. The number of nitrogens with two attached hydrogens (primary N) is 1. The van der Waals surface area contributed by atoms with Crippen LogP contribution < -0.4 is 21.5 Å². The van der Waals surface area contributed by atoms with Gasteiger partial charge in [0.05, 0.1) is 6.54 Å². The number of rotatable bonds is 6. The van der Waals surface area contributed by atoms with E-state index < -0.39 is 0 Å². The smallest absolute Gasteiger partial charge is 0.243 e. The Bertz CT molecular complexity index is 598. The van der Waals surface area contributed by atoms with Crippen molar-refractivity contribution in [2.45, 2.75) is 6.92 Å². The Morgan fingerprint density at radius 1 is 1.43 bits per heavy atom. The van der Waals surface area contributed by atoms with Gasteiger partial charge in [-0.1, -0.05) is 0 Å². The van der Waals surface area contributed by atoms with Crippen molar-refractivity contribution in [3.63, 3.8) is 0 Å². The zero-order valence-electron chi connectivity index (χ0n) is 11.8. The van der Waals surface area contributed by atoms with Crippen molar-refractivity contribution in [3.8, 4) is 5.95 Å². The van der Waals surface area contributed by atoms with Crippen molar-refractivity contribution >= 4 is 17.8 Å². The van der Waals surface area contributed by atoms with E-state index in [1.54, 1.807) is 35.2 Å². The summed E-state index contributed by atoms with van der Waals surface area (Å²) in [6.45, 7) is 2.61. The van der Waals surface area contributed by atoms with E-state index in [2.05, 4.69) is 30.7 Å². The van der Waals surface area contributed by atoms with Gasteiger partial charge in [-0.05, 0) is 6.92 Å². The highest BCUT2D eigenvalue weighted by molar-refractivity contribution is 5.80. The minimum atomic E-state index is -0.135. The summed E-state index contributed by atoms with van der Waals surface area (Å²) >= 11 is 0. The van der Waals surface area contributed by atoms with E-state index in [0.29, 0.717) is 18.4 Å². The number of nitrogens with one attached hydrogen (secondary N) is 2. The van der Waals surface area contributed by atoms with Gasteiger partial charge in [-0.3, -0.25) is 14.8 Å². The zero-order chi connectivity index (χ0) is 15.2. The monoisotopic (exact) mass is 291 g/mol. The van der Waals surface area contributed by atoms with Crippen LogP contribution in [-0.2, 0) is 4.79 Å². The van der Waals surface area contributed by atoms with Gasteiger partial charge in [0.25, 0.3) is 0 Å². The van der Waals surface area contributed by atoms with Crippen LogP contribution >= 0.6 is 0 Å². The van der Waals surface area contributed by atoms with Crippen LogP contribution in [0.3, 0.4) is 0 Å². The SMILES string of the molecule is CCN(CC(=O)NC)c1nc(NN)nc(-n2ccnc2)n1. The summed E-state index contributed by atoms with van der Waals surface area (Å²) < 4.78 is 1.62. The summed E-state index contributed by atoms with van der Waals surface area (Å²) in [6, 6.07) is 0. The average Bonchev–Trinajstić information content (AvgIpc) is 3.06. The van der Waals surface area contributed by atoms with E-state index in [1.807, 2.05) is 6.92 Å². The normalized spacial score (nSPS) is 10.2. The summed E-state index contributed by atoms with van der Waals surface area (Å²) in [5, 5.41) is 2.56. The van der Waals surface area contributed by atoms with Crippen LogP contribution in [0.15, 0.2) is 18.7 Å². The fourth-order valence-corrected chi connectivity index (χ4v) is 1.63. The molecule has 4 N–H and O–H groups in total. The number of hydrogen-bond acceptors (Lipinski definition) is 8. The van der Waals surface area contributed by atoms with Crippen molar-refractivity contribution in [2.24, 2.45) is 5.84 Å². The minimum Gasteiger partial charge on any atom is -0.358 e. The zero-order valence-corrected chi connectivity index (χ0v) is 11.8. The lowest BCUT2D eigenvalue weighted by Crippen LogP contribution is -2.37. The molecular weight excluding hydrogens is 274 g/mol. The number of hydrazine groups is 1. The molecule has 21 heavy (non-hydrogen) atoms. The van der Waals surface area contributed by atoms with Crippen molar-refractivity contribution in [1.82, 2.24) is 29.8 Å². The molecule has 0 aliphatic heterocycles. The second-order valence-electron chi connectivity index (χ2n) is 4.06. The molecule has 0 unspecified atom stereocenters. The molecule has 1 amide bonds. The molecule has 0 bridgehead atoms. The number of likely N-dealkylation sites (N-methyl/N-ethyl adjacent to an activating group) is 2. The third kappa shape index (κ3) is 3.42. The lowest BCUT2D eigenvalue weighted by Gasteiger charge is -2.20. The Balaban J connectivity index is 2.37. The molecule has 2 rings (SSSR count). The molecule has 2 aromatic rings. The molecule has 112 valence electrons. The minimum absolute atomic E-state index is 0.135. The molecule has 2 aromatic heterocycles. The Morgan fingerprint density at radius 2 is 2.24 bits per heavy atom. The number of carbonyl (C=O) groups is 1. The molecule has 0 aliphatic carbocycles. The summed E-state index contributed by atoms with van der Waals surface area (Å²) in [4.78, 5) is 29.9. The maximum Gasteiger partial charge on any atom is 0.243 e. The van der Waals surface area contributed by atoms with E-state index in [-0.39, 0.29) is 18.4 Å². The highest BCUT2D eigenvalue weighted by atomic mass is 16.1. The molecule has 10 heteroatoms. The van der Waals surface area contributed by atoms with Gasteiger partial charge in [-0.25, -0.2) is 10.8 Å². The molecule has 0 aromatic carbocycles. The van der Waals surface area contributed by atoms with Crippen LogP contribution in [0.2, 0.25) is 0 Å². The first-order chi connectivity index (χ1) is 10.2. The summed E-state index contributed by atoms with van der Waals surface area (Å²) in [7, 11) is 1.58. The molecule has 0 aliphatic rings.